The van der Waals surface area contributed by atoms with Crippen molar-refractivity contribution < 1.29 is 19.1 Å². The van der Waals surface area contributed by atoms with Crippen LogP contribution in [0.3, 0.4) is 0 Å². The predicted molar refractivity (Wildman–Crippen MR) is 152 cm³/mol. The van der Waals surface area contributed by atoms with Gasteiger partial charge in [0.05, 0.1) is 25.9 Å². The first-order valence-corrected chi connectivity index (χ1v) is 13.6. The lowest BCUT2D eigenvalue weighted by Crippen LogP contribution is -2.38. The van der Waals surface area contributed by atoms with Gasteiger partial charge in [-0.3, -0.25) is 9.59 Å². The topological polar surface area (TPSA) is 84.0 Å². The Bertz CT molecular complexity index is 1310. The van der Waals surface area contributed by atoms with Gasteiger partial charge in [-0.2, -0.15) is 0 Å². The Hall–Kier alpha value is -3.91. The van der Waals surface area contributed by atoms with Gasteiger partial charge >= 0.3 is 0 Å². The molecule has 2 aromatic carbocycles. The third-order valence-electron chi connectivity index (χ3n) is 7.76. The molecule has 2 fully saturated rings. The van der Waals surface area contributed by atoms with Crippen LogP contribution >= 0.6 is 0 Å². The summed E-state index contributed by atoms with van der Waals surface area (Å²) in [4.78, 5) is 35.1. The Labute approximate surface area is 229 Å². The summed E-state index contributed by atoms with van der Waals surface area (Å²) in [7, 11) is 1.67. The fourth-order valence-corrected chi connectivity index (χ4v) is 5.37. The number of methoxy groups -OCH3 is 1. The summed E-state index contributed by atoms with van der Waals surface area (Å²) in [5.74, 6) is 1.88. The molecule has 1 N–H and O–H groups in total. The van der Waals surface area contributed by atoms with E-state index in [-0.39, 0.29) is 11.8 Å². The SMILES string of the molecule is COc1ccc(C2CCN(C(=O)c3cc(NC(=O)c4ccc(N5CCOCC5)nc4)c(C)cc3C)CC2)cc1. The number of hydrogen-bond donors (Lipinski definition) is 1. The molecular formula is C31H36N4O4. The summed E-state index contributed by atoms with van der Waals surface area (Å²) in [5, 5.41) is 3.00. The van der Waals surface area contributed by atoms with Crippen LogP contribution in [0.2, 0.25) is 0 Å². The minimum atomic E-state index is -0.248. The van der Waals surface area contributed by atoms with Gasteiger partial charge in [-0.05, 0) is 79.6 Å². The van der Waals surface area contributed by atoms with Crippen molar-refractivity contribution in [2.45, 2.75) is 32.6 Å². The van der Waals surface area contributed by atoms with E-state index in [1.807, 2.05) is 49.1 Å². The normalized spacial score (nSPS) is 16.2. The van der Waals surface area contributed by atoms with Gasteiger partial charge in [0.1, 0.15) is 11.6 Å². The van der Waals surface area contributed by atoms with Crippen LogP contribution < -0.4 is 15.0 Å². The summed E-state index contributed by atoms with van der Waals surface area (Å²) in [5.41, 5.74) is 4.84. The molecule has 5 rings (SSSR count). The summed E-state index contributed by atoms with van der Waals surface area (Å²) in [6.45, 7) is 8.23. The summed E-state index contributed by atoms with van der Waals surface area (Å²) < 4.78 is 10.7. The van der Waals surface area contributed by atoms with Gasteiger partial charge in [0, 0.05) is 43.6 Å². The fourth-order valence-electron chi connectivity index (χ4n) is 5.37. The maximum absolute atomic E-state index is 13.5. The van der Waals surface area contributed by atoms with E-state index in [2.05, 4.69) is 27.3 Å². The molecule has 204 valence electrons. The predicted octanol–water partition coefficient (Wildman–Crippen LogP) is 4.82. The Morgan fingerprint density at radius 3 is 2.31 bits per heavy atom. The molecule has 0 unspecified atom stereocenters. The maximum Gasteiger partial charge on any atom is 0.257 e. The molecular weight excluding hydrogens is 492 g/mol. The van der Waals surface area contributed by atoms with Crippen molar-refractivity contribution in [2.24, 2.45) is 0 Å². The van der Waals surface area contributed by atoms with E-state index in [0.717, 1.165) is 48.6 Å². The number of morpholine rings is 1. The van der Waals surface area contributed by atoms with Crippen molar-refractivity contribution in [3.63, 3.8) is 0 Å². The molecule has 0 bridgehead atoms. The molecule has 2 aliphatic rings. The van der Waals surface area contributed by atoms with Gasteiger partial charge in [-0.1, -0.05) is 18.2 Å². The van der Waals surface area contributed by atoms with E-state index < -0.39 is 0 Å². The maximum atomic E-state index is 13.5. The van der Waals surface area contributed by atoms with Crippen molar-refractivity contribution in [3.8, 4) is 5.75 Å². The Kier molecular flexibility index (Phi) is 8.12. The molecule has 2 saturated heterocycles. The number of nitrogens with one attached hydrogen (secondary N) is 1. The van der Waals surface area contributed by atoms with E-state index in [1.54, 1.807) is 19.4 Å². The first-order valence-electron chi connectivity index (χ1n) is 13.6. The van der Waals surface area contributed by atoms with Gasteiger partial charge in [0.15, 0.2) is 0 Å². The Morgan fingerprint density at radius 2 is 1.67 bits per heavy atom. The highest BCUT2D eigenvalue weighted by atomic mass is 16.5. The standard InChI is InChI=1S/C31H36N4O4/c1-21-18-22(2)28(33-30(36)25-6-9-29(32-20-25)34-14-16-39-17-15-34)19-27(21)31(37)35-12-10-24(11-13-35)23-4-7-26(38-3)8-5-23/h4-9,18-20,24H,10-17H2,1-3H3,(H,33,36). The smallest absolute Gasteiger partial charge is 0.257 e. The first-order chi connectivity index (χ1) is 18.9. The highest BCUT2D eigenvalue weighted by Gasteiger charge is 2.26. The number of rotatable bonds is 6. The zero-order valence-electron chi connectivity index (χ0n) is 22.9. The van der Waals surface area contributed by atoms with Crippen molar-refractivity contribution in [1.29, 1.82) is 0 Å². The minimum Gasteiger partial charge on any atom is -0.497 e. The van der Waals surface area contributed by atoms with Crippen molar-refractivity contribution in [3.05, 3.63) is 82.5 Å². The molecule has 1 aromatic heterocycles. The molecule has 8 heteroatoms. The van der Waals surface area contributed by atoms with E-state index in [9.17, 15) is 9.59 Å². The van der Waals surface area contributed by atoms with Crippen LogP contribution in [0, 0.1) is 13.8 Å². The lowest BCUT2D eigenvalue weighted by atomic mass is 9.89. The van der Waals surface area contributed by atoms with Crippen LogP contribution in [0.4, 0.5) is 11.5 Å². The molecule has 3 heterocycles. The fraction of sp³-hybridized carbons (Fsp3) is 0.387. The van der Waals surface area contributed by atoms with Crippen LogP contribution in [-0.4, -0.2) is 68.2 Å². The van der Waals surface area contributed by atoms with Crippen molar-refractivity contribution >= 4 is 23.3 Å². The number of carbonyl (C=O) groups is 2. The number of amides is 2. The molecule has 2 amide bonds. The number of anilines is 2. The van der Waals surface area contributed by atoms with E-state index in [4.69, 9.17) is 9.47 Å². The van der Waals surface area contributed by atoms with E-state index in [1.165, 1.54) is 5.56 Å². The number of piperidine rings is 1. The van der Waals surface area contributed by atoms with E-state index in [0.29, 0.717) is 49.0 Å². The second-order valence-corrected chi connectivity index (χ2v) is 10.3. The number of aromatic nitrogens is 1. The van der Waals surface area contributed by atoms with Gasteiger partial charge in [0.25, 0.3) is 11.8 Å². The highest BCUT2D eigenvalue weighted by Crippen LogP contribution is 2.31. The Balaban J connectivity index is 1.24. The number of benzene rings is 2. The molecule has 0 aliphatic carbocycles. The van der Waals surface area contributed by atoms with Crippen LogP contribution in [0.15, 0.2) is 54.7 Å². The first kappa shape index (κ1) is 26.7. The zero-order chi connectivity index (χ0) is 27.4. The molecule has 0 atom stereocenters. The van der Waals surface area contributed by atoms with Crippen LogP contribution in [0.1, 0.15) is 56.2 Å². The number of pyridine rings is 1. The molecule has 0 saturated carbocycles. The van der Waals surface area contributed by atoms with Crippen LogP contribution in [-0.2, 0) is 4.74 Å². The van der Waals surface area contributed by atoms with Crippen LogP contribution in [0.25, 0.3) is 0 Å². The second kappa shape index (κ2) is 11.9. The van der Waals surface area contributed by atoms with Gasteiger partial charge in [-0.15, -0.1) is 0 Å². The molecule has 3 aromatic rings. The molecule has 8 nitrogen and oxygen atoms in total. The minimum absolute atomic E-state index is 0.00714. The molecule has 0 radical (unpaired) electrons. The van der Waals surface area contributed by atoms with Crippen LogP contribution in [0.5, 0.6) is 5.75 Å². The highest BCUT2D eigenvalue weighted by molar-refractivity contribution is 6.05. The number of ether oxygens (including phenoxy) is 2. The third-order valence-corrected chi connectivity index (χ3v) is 7.76. The number of aryl methyl sites for hydroxylation is 2. The molecule has 0 spiro atoms. The quantitative estimate of drug-likeness (QED) is 0.494. The second-order valence-electron chi connectivity index (χ2n) is 10.3. The summed E-state index contributed by atoms with van der Waals surface area (Å²) in [6, 6.07) is 15.7. The number of likely N-dealkylation sites (tertiary alicyclic amines) is 1. The third kappa shape index (κ3) is 6.06. The van der Waals surface area contributed by atoms with Crippen molar-refractivity contribution in [1.82, 2.24) is 9.88 Å². The monoisotopic (exact) mass is 528 g/mol. The largest absolute Gasteiger partial charge is 0.497 e. The summed E-state index contributed by atoms with van der Waals surface area (Å²) >= 11 is 0. The number of carbonyl (C=O) groups excluding carboxylic acids is 2. The van der Waals surface area contributed by atoms with Gasteiger partial charge < -0.3 is 24.6 Å². The molecule has 2 aliphatic heterocycles. The number of hydrogen-bond acceptors (Lipinski definition) is 6. The molecule has 39 heavy (non-hydrogen) atoms. The van der Waals surface area contributed by atoms with Gasteiger partial charge in [-0.25, -0.2) is 4.98 Å². The van der Waals surface area contributed by atoms with Gasteiger partial charge in [0.2, 0.25) is 0 Å². The lowest BCUT2D eigenvalue weighted by Gasteiger charge is -2.33. The van der Waals surface area contributed by atoms with Crippen molar-refractivity contribution in [2.75, 3.05) is 56.7 Å². The average Bonchev–Trinajstić information content (AvgIpc) is 2.99. The zero-order valence-corrected chi connectivity index (χ0v) is 22.9. The van der Waals surface area contributed by atoms with E-state index >= 15 is 0 Å². The lowest BCUT2D eigenvalue weighted by molar-refractivity contribution is 0.0712. The Morgan fingerprint density at radius 1 is 0.949 bits per heavy atom. The number of nitrogens with zero attached hydrogens (tertiary/aromatic N) is 3. The average molecular weight is 529 g/mol. The summed E-state index contributed by atoms with van der Waals surface area (Å²) in [6.07, 6.45) is 3.43.